The molecule has 4 heterocycles. The summed E-state index contributed by atoms with van der Waals surface area (Å²) in [6, 6.07) is 0. The number of nitrogens with zero attached hydrogens (tertiary/aromatic N) is 3. The molecular formula is C23H32N4O4. The van der Waals surface area contributed by atoms with E-state index in [9.17, 15) is 14.4 Å². The van der Waals surface area contributed by atoms with E-state index in [1.54, 1.807) is 0 Å². The van der Waals surface area contributed by atoms with E-state index in [1.807, 2.05) is 9.80 Å². The van der Waals surface area contributed by atoms with Crippen molar-refractivity contribution in [1.82, 2.24) is 19.8 Å². The minimum Gasteiger partial charge on any atom is -0.381 e. The van der Waals surface area contributed by atoms with Crippen molar-refractivity contribution >= 4 is 11.8 Å². The van der Waals surface area contributed by atoms with Crippen molar-refractivity contribution in [3.8, 4) is 0 Å². The molecule has 1 aliphatic carbocycles. The zero-order valence-electron chi connectivity index (χ0n) is 18.3. The number of ether oxygens (including phenoxy) is 1. The monoisotopic (exact) mass is 428 g/mol. The van der Waals surface area contributed by atoms with Crippen LogP contribution in [0.1, 0.15) is 62.0 Å². The standard InChI is InChI=1S/C23H32N4O4/c1-14-12-17(14)23(30)26-7-2-15(3-8-26)20-24-19-4-9-27(13-18(19)21(28)25-20)22(29)16-5-10-31-11-6-16/h14-17H,2-13H2,1H3,(H,24,25,28)/t14-,17-/m1/s1. The van der Waals surface area contributed by atoms with Gasteiger partial charge in [-0.1, -0.05) is 6.92 Å². The molecule has 3 fully saturated rings. The van der Waals surface area contributed by atoms with Gasteiger partial charge in [-0.3, -0.25) is 14.4 Å². The second-order valence-electron chi connectivity index (χ2n) is 9.69. The van der Waals surface area contributed by atoms with Crippen LogP contribution in [0.4, 0.5) is 0 Å². The Balaban J connectivity index is 1.23. The number of nitrogens with one attached hydrogen (secondary N) is 1. The summed E-state index contributed by atoms with van der Waals surface area (Å²) in [5.74, 6) is 2.13. The molecule has 0 aromatic carbocycles. The normalized spacial score (nSPS) is 27.1. The Bertz CT molecular complexity index is 915. The van der Waals surface area contributed by atoms with Gasteiger partial charge in [-0.2, -0.15) is 0 Å². The Hall–Kier alpha value is -2.22. The van der Waals surface area contributed by atoms with Gasteiger partial charge in [-0.15, -0.1) is 0 Å². The summed E-state index contributed by atoms with van der Waals surface area (Å²) in [5.41, 5.74) is 1.35. The van der Waals surface area contributed by atoms with Crippen molar-refractivity contribution in [2.24, 2.45) is 17.8 Å². The molecule has 3 aliphatic heterocycles. The van der Waals surface area contributed by atoms with Gasteiger partial charge in [0.1, 0.15) is 5.82 Å². The third kappa shape index (κ3) is 4.14. The topological polar surface area (TPSA) is 95.6 Å². The van der Waals surface area contributed by atoms with Gasteiger partial charge in [-0.05, 0) is 38.0 Å². The zero-order valence-corrected chi connectivity index (χ0v) is 18.3. The summed E-state index contributed by atoms with van der Waals surface area (Å²) < 4.78 is 5.36. The summed E-state index contributed by atoms with van der Waals surface area (Å²) >= 11 is 0. The van der Waals surface area contributed by atoms with Crippen LogP contribution in [0.3, 0.4) is 0 Å². The minimum absolute atomic E-state index is 0.00753. The summed E-state index contributed by atoms with van der Waals surface area (Å²) in [5, 5.41) is 0. The summed E-state index contributed by atoms with van der Waals surface area (Å²) in [4.78, 5) is 49.8. The number of H-pyrrole nitrogens is 1. The lowest BCUT2D eigenvalue weighted by atomic mass is 9.94. The van der Waals surface area contributed by atoms with E-state index in [-0.39, 0.29) is 29.2 Å². The zero-order chi connectivity index (χ0) is 21.5. The highest BCUT2D eigenvalue weighted by Crippen LogP contribution is 2.40. The highest BCUT2D eigenvalue weighted by atomic mass is 16.5. The van der Waals surface area contributed by atoms with Crippen molar-refractivity contribution < 1.29 is 14.3 Å². The molecule has 2 amide bonds. The molecule has 5 rings (SSSR count). The Kier molecular flexibility index (Phi) is 5.58. The molecule has 2 atom stereocenters. The number of carbonyl (C=O) groups excluding carboxylic acids is 2. The summed E-state index contributed by atoms with van der Waals surface area (Å²) in [6.45, 7) is 5.84. The molecule has 8 nitrogen and oxygen atoms in total. The molecule has 31 heavy (non-hydrogen) atoms. The van der Waals surface area contributed by atoms with Crippen LogP contribution in [-0.4, -0.2) is 64.4 Å². The van der Waals surface area contributed by atoms with E-state index in [0.29, 0.717) is 50.1 Å². The van der Waals surface area contributed by atoms with Crippen LogP contribution < -0.4 is 5.56 Å². The number of carbonyl (C=O) groups is 2. The maximum atomic E-state index is 12.9. The molecule has 0 spiro atoms. The molecule has 0 bridgehead atoms. The second kappa shape index (κ2) is 8.37. The van der Waals surface area contributed by atoms with Crippen LogP contribution >= 0.6 is 0 Å². The van der Waals surface area contributed by atoms with Crippen LogP contribution in [-0.2, 0) is 27.3 Å². The summed E-state index contributed by atoms with van der Waals surface area (Å²) in [7, 11) is 0. The Morgan fingerprint density at radius 3 is 2.42 bits per heavy atom. The maximum absolute atomic E-state index is 12.9. The van der Waals surface area contributed by atoms with Crippen molar-refractivity contribution in [2.75, 3.05) is 32.8 Å². The van der Waals surface area contributed by atoms with E-state index < -0.39 is 0 Å². The molecular weight excluding hydrogens is 396 g/mol. The fraction of sp³-hybridized carbons (Fsp3) is 0.739. The quantitative estimate of drug-likeness (QED) is 0.786. The van der Waals surface area contributed by atoms with Crippen molar-refractivity contribution in [3.63, 3.8) is 0 Å². The number of aromatic amines is 1. The van der Waals surface area contributed by atoms with E-state index in [1.165, 1.54) is 0 Å². The largest absolute Gasteiger partial charge is 0.381 e. The van der Waals surface area contributed by atoms with Gasteiger partial charge in [0.25, 0.3) is 5.56 Å². The van der Waals surface area contributed by atoms with Crippen LogP contribution in [0.5, 0.6) is 0 Å². The maximum Gasteiger partial charge on any atom is 0.256 e. The molecule has 168 valence electrons. The molecule has 8 heteroatoms. The van der Waals surface area contributed by atoms with Gasteiger partial charge in [0.15, 0.2) is 0 Å². The van der Waals surface area contributed by atoms with Gasteiger partial charge in [0, 0.05) is 57.0 Å². The van der Waals surface area contributed by atoms with Crippen LogP contribution in [0.25, 0.3) is 0 Å². The fourth-order valence-corrected chi connectivity index (χ4v) is 5.30. The average molecular weight is 429 g/mol. The van der Waals surface area contributed by atoms with Crippen molar-refractivity contribution in [1.29, 1.82) is 0 Å². The Labute approximate surface area is 182 Å². The lowest BCUT2D eigenvalue weighted by Gasteiger charge is -2.34. The SMILES string of the molecule is C[C@@H]1C[C@H]1C(=O)N1CCC(c2nc3c(c(=O)[nH]2)CN(C(=O)C2CCOCC2)CC3)CC1. The van der Waals surface area contributed by atoms with Gasteiger partial charge >= 0.3 is 0 Å². The highest BCUT2D eigenvalue weighted by Gasteiger charge is 2.42. The van der Waals surface area contributed by atoms with E-state index in [2.05, 4.69) is 11.9 Å². The number of hydrogen-bond acceptors (Lipinski definition) is 5. The van der Waals surface area contributed by atoms with Crippen LogP contribution in [0.2, 0.25) is 0 Å². The van der Waals surface area contributed by atoms with Crippen LogP contribution in [0, 0.1) is 17.8 Å². The number of likely N-dealkylation sites (tertiary alicyclic amines) is 1. The lowest BCUT2D eigenvalue weighted by molar-refractivity contribution is -0.139. The van der Waals surface area contributed by atoms with Crippen LogP contribution in [0.15, 0.2) is 4.79 Å². The first-order valence-corrected chi connectivity index (χ1v) is 11.8. The first kappa shape index (κ1) is 20.7. The molecule has 1 aromatic heterocycles. The molecule has 0 radical (unpaired) electrons. The minimum atomic E-state index is -0.116. The Morgan fingerprint density at radius 1 is 1.03 bits per heavy atom. The van der Waals surface area contributed by atoms with Crippen molar-refractivity contribution in [3.05, 3.63) is 27.4 Å². The third-order valence-electron chi connectivity index (χ3n) is 7.59. The van der Waals surface area contributed by atoms with E-state index in [4.69, 9.17) is 9.72 Å². The van der Waals surface area contributed by atoms with E-state index in [0.717, 1.165) is 56.7 Å². The molecule has 4 aliphatic rings. The highest BCUT2D eigenvalue weighted by molar-refractivity contribution is 5.81. The molecule has 1 N–H and O–H groups in total. The number of fused-ring (bicyclic) bond motifs is 1. The third-order valence-corrected chi connectivity index (χ3v) is 7.59. The molecule has 1 saturated carbocycles. The van der Waals surface area contributed by atoms with Gasteiger partial charge in [0.05, 0.1) is 17.8 Å². The van der Waals surface area contributed by atoms with Gasteiger partial charge in [-0.25, -0.2) is 4.98 Å². The first-order chi connectivity index (χ1) is 15.0. The number of amides is 2. The molecule has 0 unspecified atom stereocenters. The number of aromatic nitrogens is 2. The average Bonchev–Trinajstić information content (AvgIpc) is 3.55. The number of hydrogen-bond donors (Lipinski definition) is 1. The molecule has 2 saturated heterocycles. The smallest absolute Gasteiger partial charge is 0.256 e. The van der Waals surface area contributed by atoms with Gasteiger partial charge in [0.2, 0.25) is 11.8 Å². The molecule has 1 aromatic rings. The van der Waals surface area contributed by atoms with Crippen molar-refractivity contribution in [2.45, 2.75) is 57.9 Å². The Morgan fingerprint density at radius 2 is 1.74 bits per heavy atom. The predicted octanol–water partition coefficient (Wildman–Crippen LogP) is 1.44. The van der Waals surface area contributed by atoms with E-state index >= 15 is 0 Å². The predicted molar refractivity (Wildman–Crippen MR) is 113 cm³/mol. The first-order valence-electron chi connectivity index (χ1n) is 11.8. The lowest BCUT2D eigenvalue weighted by Crippen LogP contribution is -2.44. The fourth-order valence-electron chi connectivity index (χ4n) is 5.30. The summed E-state index contributed by atoms with van der Waals surface area (Å²) in [6.07, 6.45) is 4.84. The van der Waals surface area contributed by atoms with Gasteiger partial charge < -0.3 is 19.5 Å². The number of rotatable bonds is 3. The second-order valence-corrected chi connectivity index (χ2v) is 9.69. The number of piperidine rings is 1.